The molecule has 0 saturated heterocycles. The molecule has 4 nitrogen and oxygen atoms in total. The number of Topliss-reactive ketones (excluding diaryl/α,β-unsaturated/α-hetero) is 1. The average molecular weight is 179 g/mol. The van der Waals surface area contributed by atoms with Gasteiger partial charge in [-0.25, -0.2) is 0 Å². The Balaban J connectivity index is 2.38. The predicted molar refractivity (Wildman–Crippen MR) is 48.6 cm³/mol. The third-order valence-electron chi connectivity index (χ3n) is 2.41. The van der Waals surface area contributed by atoms with Crippen LogP contribution in [0.1, 0.15) is 34.6 Å². The minimum atomic E-state index is 0.221. The summed E-state index contributed by atoms with van der Waals surface area (Å²) in [6.45, 7) is 0.546. The summed E-state index contributed by atoms with van der Waals surface area (Å²) in [4.78, 5) is 11.5. The minimum absolute atomic E-state index is 0.221. The van der Waals surface area contributed by atoms with Gasteiger partial charge in [0.15, 0.2) is 5.78 Å². The van der Waals surface area contributed by atoms with Crippen molar-refractivity contribution < 1.29 is 4.79 Å². The Kier molecular flexibility index (Phi) is 2.14. The molecule has 0 aliphatic heterocycles. The highest BCUT2D eigenvalue weighted by Crippen LogP contribution is 2.22. The third-order valence-corrected chi connectivity index (χ3v) is 2.41. The van der Waals surface area contributed by atoms with Crippen LogP contribution >= 0.6 is 0 Å². The summed E-state index contributed by atoms with van der Waals surface area (Å²) >= 11 is 0. The zero-order chi connectivity index (χ0) is 9.26. The van der Waals surface area contributed by atoms with Crippen molar-refractivity contribution in [2.45, 2.75) is 25.7 Å². The topological polar surface area (TPSA) is 71.8 Å². The highest BCUT2D eigenvalue weighted by Gasteiger charge is 2.22. The fourth-order valence-corrected chi connectivity index (χ4v) is 1.80. The molecule has 0 amide bonds. The molecule has 0 spiro atoms. The van der Waals surface area contributed by atoms with Crippen LogP contribution in [0.15, 0.2) is 0 Å². The first-order chi connectivity index (χ1) is 6.33. The maximum absolute atomic E-state index is 11.5. The van der Waals surface area contributed by atoms with Gasteiger partial charge in [-0.05, 0) is 19.4 Å². The second kappa shape index (κ2) is 3.30. The van der Waals surface area contributed by atoms with Gasteiger partial charge in [-0.15, -0.1) is 0 Å². The molecule has 1 heterocycles. The van der Waals surface area contributed by atoms with Crippen LogP contribution in [0.5, 0.6) is 0 Å². The van der Waals surface area contributed by atoms with Crippen LogP contribution in [-0.2, 0) is 12.8 Å². The Morgan fingerprint density at radius 2 is 2.31 bits per heavy atom. The number of nitrogens with two attached hydrogens (primary N) is 1. The van der Waals surface area contributed by atoms with Crippen LogP contribution < -0.4 is 5.73 Å². The molecule has 0 fully saturated rings. The van der Waals surface area contributed by atoms with Gasteiger partial charge in [0.2, 0.25) is 0 Å². The number of H-pyrrole nitrogens is 1. The number of rotatable bonds is 2. The molecule has 0 bridgehead atoms. The summed E-state index contributed by atoms with van der Waals surface area (Å²) in [5.41, 5.74) is 8.10. The number of hydrogen-bond donors (Lipinski definition) is 2. The molecule has 1 aliphatic rings. The lowest BCUT2D eigenvalue weighted by Crippen LogP contribution is -2.13. The molecule has 3 N–H and O–H groups in total. The van der Waals surface area contributed by atoms with E-state index in [2.05, 4.69) is 10.2 Å². The van der Waals surface area contributed by atoms with Gasteiger partial charge in [-0.3, -0.25) is 9.89 Å². The van der Waals surface area contributed by atoms with E-state index >= 15 is 0 Å². The maximum Gasteiger partial charge on any atom is 0.166 e. The Hall–Kier alpha value is -1.16. The molecule has 1 aromatic rings. The molecule has 0 saturated carbocycles. The zero-order valence-corrected chi connectivity index (χ0v) is 7.47. The van der Waals surface area contributed by atoms with Gasteiger partial charge in [0.05, 0.1) is 11.3 Å². The van der Waals surface area contributed by atoms with E-state index in [4.69, 9.17) is 5.73 Å². The molecule has 0 atom stereocenters. The van der Waals surface area contributed by atoms with Gasteiger partial charge in [0.1, 0.15) is 0 Å². The largest absolute Gasteiger partial charge is 0.330 e. The molecule has 1 aromatic heterocycles. The molecule has 2 rings (SSSR count). The van der Waals surface area contributed by atoms with E-state index in [1.54, 1.807) is 0 Å². The van der Waals surface area contributed by atoms with Crippen LogP contribution in [0.25, 0.3) is 0 Å². The van der Waals surface area contributed by atoms with Crippen LogP contribution in [0.3, 0.4) is 0 Å². The van der Waals surface area contributed by atoms with E-state index in [0.717, 1.165) is 29.8 Å². The number of carbonyl (C=O) groups is 1. The molecule has 70 valence electrons. The lowest BCUT2D eigenvalue weighted by atomic mass is 9.94. The number of carbonyl (C=O) groups excluding carboxylic acids is 1. The van der Waals surface area contributed by atoms with E-state index in [-0.39, 0.29) is 5.78 Å². The number of fused-ring (bicyclic) bond motifs is 1. The van der Waals surface area contributed by atoms with Gasteiger partial charge in [-0.2, -0.15) is 5.10 Å². The number of aromatic nitrogens is 2. The van der Waals surface area contributed by atoms with Crippen molar-refractivity contribution in [3.63, 3.8) is 0 Å². The number of ketones is 1. The molecule has 0 aromatic carbocycles. The predicted octanol–water partition coefficient (Wildman–Crippen LogP) is 0.430. The highest BCUT2D eigenvalue weighted by atomic mass is 16.1. The summed E-state index contributed by atoms with van der Waals surface area (Å²) in [6, 6.07) is 0. The Bertz CT molecular complexity index is 330. The van der Waals surface area contributed by atoms with Gasteiger partial charge in [0.25, 0.3) is 0 Å². The van der Waals surface area contributed by atoms with Gasteiger partial charge in [0, 0.05) is 18.5 Å². The summed E-state index contributed by atoms with van der Waals surface area (Å²) in [5, 5.41) is 7.03. The molecular formula is C9H13N3O. The van der Waals surface area contributed by atoms with Crippen LogP contribution in [0, 0.1) is 0 Å². The van der Waals surface area contributed by atoms with E-state index in [1.807, 2.05) is 0 Å². The Labute approximate surface area is 76.5 Å². The summed E-state index contributed by atoms with van der Waals surface area (Å²) < 4.78 is 0. The van der Waals surface area contributed by atoms with Gasteiger partial charge < -0.3 is 5.73 Å². The number of aryl methyl sites for hydroxylation is 1. The van der Waals surface area contributed by atoms with Crippen LogP contribution in [-0.4, -0.2) is 22.5 Å². The fourth-order valence-electron chi connectivity index (χ4n) is 1.80. The molecule has 1 aliphatic carbocycles. The van der Waals surface area contributed by atoms with Crippen molar-refractivity contribution >= 4 is 5.78 Å². The molecule has 0 unspecified atom stereocenters. The fraction of sp³-hybridized carbons (Fsp3) is 0.556. The number of nitrogens with one attached hydrogen (secondary N) is 1. The number of hydrogen-bond acceptors (Lipinski definition) is 3. The Morgan fingerprint density at radius 3 is 3.08 bits per heavy atom. The van der Waals surface area contributed by atoms with Crippen molar-refractivity contribution in [3.8, 4) is 0 Å². The highest BCUT2D eigenvalue weighted by molar-refractivity contribution is 5.99. The lowest BCUT2D eigenvalue weighted by Gasteiger charge is -2.09. The first kappa shape index (κ1) is 8.44. The summed E-state index contributed by atoms with van der Waals surface area (Å²) in [7, 11) is 0. The first-order valence-electron chi connectivity index (χ1n) is 4.62. The average Bonchev–Trinajstić information content (AvgIpc) is 2.51. The van der Waals surface area contributed by atoms with Crippen LogP contribution in [0.2, 0.25) is 0 Å². The minimum Gasteiger partial charge on any atom is -0.330 e. The van der Waals surface area contributed by atoms with Crippen molar-refractivity contribution in [1.82, 2.24) is 10.2 Å². The molecule has 0 radical (unpaired) electrons. The van der Waals surface area contributed by atoms with Crippen molar-refractivity contribution in [1.29, 1.82) is 0 Å². The zero-order valence-electron chi connectivity index (χ0n) is 7.47. The molecule has 13 heavy (non-hydrogen) atoms. The third kappa shape index (κ3) is 1.37. The normalized spacial score (nSPS) is 15.9. The quantitative estimate of drug-likeness (QED) is 0.691. The SMILES string of the molecule is NCCc1n[nH]c2c1C(=O)CCC2. The van der Waals surface area contributed by atoms with E-state index < -0.39 is 0 Å². The smallest absolute Gasteiger partial charge is 0.166 e. The van der Waals surface area contributed by atoms with Gasteiger partial charge in [-0.1, -0.05) is 0 Å². The monoisotopic (exact) mass is 179 g/mol. The van der Waals surface area contributed by atoms with Crippen molar-refractivity contribution in [3.05, 3.63) is 17.0 Å². The van der Waals surface area contributed by atoms with E-state index in [0.29, 0.717) is 19.4 Å². The molecular weight excluding hydrogens is 166 g/mol. The lowest BCUT2D eigenvalue weighted by molar-refractivity contribution is 0.0971. The molecule has 4 heteroatoms. The summed E-state index contributed by atoms with van der Waals surface area (Å²) in [6.07, 6.45) is 3.23. The van der Waals surface area contributed by atoms with Crippen LogP contribution in [0.4, 0.5) is 0 Å². The van der Waals surface area contributed by atoms with E-state index in [1.165, 1.54) is 0 Å². The van der Waals surface area contributed by atoms with Crippen molar-refractivity contribution in [2.24, 2.45) is 5.73 Å². The van der Waals surface area contributed by atoms with Gasteiger partial charge >= 0.3 is 0 Å². The Morgan fingerprint density at radius 1 is 1.46 bits per heavy atom. The maximum atomic E-state index is 11.5. The number of nitrogens with zero attached hydrogens (tertiary/aromatic N) is 1. The number of aromatic amines is 1. The van der Waals surface area contributed by atoms with E-state index in [9.17, 15) is 4.79 Å². The second-order valence-corrected chi connectivity index (χ2v) is 3.34. The second-order valence-electron chi connectivity index (χ2n) is 3.34. The van der Waals surface area contributed by atoms with Crippen molar-refractivity contribution in [2.75, 3.05) is 6.54 Å². The summed E-state index contributed by atoms with van der Waals surface area (Å²) in [5.74, 6) is 0.221. The standard InChI is InChI=1S/C9H13N3O/c10-5-4-7-9-6(11-12-7)2-1-3-8(9)13/h1-5,10H2,(H,11,12). The first-order valence-corrected chi connectivity index (χ1v) is 4.62.